The van der Waals surface area contributed by atoms with Crippen molar-refractivity contribution in [2.45, 2.75) is 13.3 Å². The van der Waals surface area contributed by atoms with Crippen molar-refractivity contribution in [1.29, 1.82) is 0 Å². The van der Waals surface area contributed by atoms with Gasteiger partial charge in [0.2, 0.25) is 0 Å². The number of hydrogen-bond acceptors (Lipinski definition) is 3. The van der Waals surface area contributed by atoms with Crippen LogP contribution in [0, 0.1) is 0 Å². The summed E-state index contributed by atoms with van der Waals surface area (Å²) in [5, 5.41) is 0. The third kappa shape index (κ3) is 1.81. The molecule has 0 amide bonds. The van der Waals surface area contributed by atoms with E-state index in [1.54, 1.807) is 24.3 Å². The van der Waals surface area contributed by atoms with Crippen molar-refractivity contribution in [1.82, 2.24) is 0 Å². The Morgan fingerprint density at radius 3 is 2.60 bits per heavy atom. The number of fused-ring (bicyclic) bond motifs is 1. The molecule has 1 aromatic carbocycles. The quantitative estimate of drug-likeness (QED) is 0.655. The molecule has 0 radical (unpaired) electrons. The maximum Gasteiger partial charge on any atom is 0.308 e. The van der Waals surface area contributed by atoms with Crippen molar-refractivity contribution in [2.75, 3.05) is 0 Å². The first-order valence-corrected chi connectivity index (χ1v) is 4.69. The van der Waals surface area contributed by atoms with Crippen LogP contribution >= 0.6 is 0 Å². The molecular formula is C12H10O3. The fraction of sp³-hybridized carbons (Fsp3) is 0.167. The first-order chi connectivity index (χ1) is 7.18. The number of esters is 1. The molecule has 3 nitrogen and oxygen atoms in total. The minimum Gasteiger partial charge on any atom is -0.426 e. The van der Waals surface area contributed by atoms with Gasteiger partial charge in [0.25, 0.3) is 0 Å². The van der Waals surface area contributed by atoms with Gasteiger partial charge in [-0.05, 0) is 6.08 Å². The van der Waals surface area contributed by atoms with Gasteiger partial charge in [0, 0.05) is 24.5 Å². The van der Waals surface area contributed by atoms with E-state index in [1.165, 1.54) is 6.92 Å². The molecule has 0 unspecified atom stereocenters. The van der Waals surface area contributed by atoms with E-state index in [2.05, 4.69) is 0 Å². The van der Waals surface area contributed by atoms with Gasteiger partial charge < -0.3 is 4.74 Å². The van der Waals surface area contributed by atoms with E-state index in [1.807, 2.05) is 6.07 Å². The Morgan fingerprint density at radius 2 is 1.93 bits per heavy atom. The third-order valence-electron chi connectivity index (χ3n) is 2.22. The highest BCUT2D eigenvalue weighted by molar-refractivity contribution is 6.04. The van der Waals surface area contributed by atoms with Crippen LogP contribution in [0.25, 0.3) is 5.76 Å². The zero-order chi connectivity index (χ0) is 10.8. The van der Waals surface area contributed by atoms with Gasteiger partial charge in [-0.15, -0.1) is 0 Å². The number of benzene rings is 1. The Balaban J connectivity index is 2.44. The lowest BCUT2D eigenvalue weighted by Gasteiger charge is -2.15. The monoisotopic (exact) mass is 202 g/mol. The van der Waals surface area contributed by atoms with Crippen molar-refractivity contribution in [3.8, 4) is 0 Å². The lowest BCUT2D eigenvalue weighted by atomic mass is 9.95. The smallest absolute Gasteiger partial charge is 0.308 e. The topological polar surface area (TPSA) is 43.4 Å². The van der Waals surface area contributed by atoms with E-state index in [0.717, 1.165) is 0 Å². The number of hydrogen-bond donors (Lipinski definition) is 0. The summed E-state index contributed by atoms with van der Waals surface area (Å²) in [5.41, 5.74) is 1.32. The number of ketones is 1. The summed E-state index contributed by atoms with van der Waals surface area (Å²) in [7, 11) is 0. The molecule has 0 saturated carbocycles. The average Bonchev–Trinajstić information content (AvgIpc) is 2.22. The molecule has 0 fully saturated rings. The second-order valence-electron chi connectivity index (χ2n) is 3.33. The maximum atomic E-state index is 11.5. The third-order valence-corrected chi connectivity index (χ3v) is 2.22. The molecule has 0 bridgehead atoms. The fourth-order valence-corrected chi connectivity index (χ4v) is 1.60. The number of rotatable bonds is 1. The molecule has 76 valence electrons. The molecule has 0 aromatic heterocycles. The number of carbonyl (C=O) groups is 2. The van der Waals surface area contributed by atoms with Crippen LogP contribution in [0.4, 0.5) is 0 Å². The van der Waals surface area contributed by atoms with Crippen molar-refractivity contribution in [3.05, 3.63) is 41.5 Å². The molecule has 1 aliphatic carbocycles. The Bertz CT molecular complexity index is 458. The SMILES string of the molecule is CC(=O)OC1=CCC(=O)c2ccccc21. The Hall–Kier alpha value is -1.90. The summed E-state index contributed by atoms with van der Waals surface area (Å²) in [6.45, 7) is 1.35. The number of allylic oxidation sites excluding steroid dienone is 1. The summed E-state index contributed by atoms with van der Waals surface area (Å²) >= 11 is 0. The molecule has 1 aliphatic rings. The molecular weight excluding hydrogens is 192 g/mol. The van der Waals surface area contributed by atoms with E-state index >= 15 is 0 Å². The van der Waals surface area contributed by atoms with Crippen LogP contribution in [0.3, 0.4) is 0 Å². The molecule has 0 saturated heterocycles. The minimum absolute atomic E-state index is 0.0569. The minimum atomic E-state index is -0.370. The largest absolute Gasteiger partial charge is 0.426 e. The van der Waals surface area contributed by atoms with Crippen molar-refractivity contribution < 1.29 is 14.3 Å². The normalized spacial score (nSPS) is 14.2. The molecule has 2 rings (SSSR count). The summed E-state index contributed by atoms with van der Waals surface area (Å²) in [6.07, 6.45) is 1.94. The second kappa shape index (κ2) is 3.69. The predicted molar refractivity (Wildman–Crippen MR) is 55.1 cm³/mol. The van der Waals surface area contributed by atoms with Crippen molar-refractivity contribution in [3.63, 3.8) is 0 Å². The van der Waals surface area contributed by atoms with Crippen LogP contribution in [0.2, 0.25) is 0 Å². The standard InChI is InChI=1S/C12H10O3/c1-8(13)15-12-7-6-11(14)9-4-2-3-5-10(9)12/h2-5,7H,6H2,1H3. The van der Waals surface area contributed by atoms with E-state index < -0.39 is 0 Å². The van der Waals surface area contributed by atoms with E-state index in [4.69, 9.17) is 4.74 Å². The zero-order valence-corrected chi connectivity index (χ0v) is 8.32. The predicted octanol–water partition coefficient (Wildman–Crippen LogP) is 2.18. The van der Waals surface area contributed by atoms with Crippen LogP contribution in [0.5, 0.6) is 0 Å². The lowest BCUT2D eigenvalue weighted by molar-refractivity contribution is -0.134. The number of Topliss-reactive ketones (excluding diaryl/α,β-unsaturated/α-hetero) is 1. The molecule has 3 heteroatoms. The highest BCUT2D eigenvalue weighted by Crippen LogP contribution is 2.26. The van der Waals surface area contributed by atoms with Gasteiger partial charge in [-0.1, -0.05) is 24.3 Å². The van der Waals surface area contributed by atoms with E-state index in [-0.39, 0.29) is 11.8 Å². The number of carbonyl (C=O) groups excluding carboxylic acids is 2. The summed E-state index contributed by atoms with van der Waals surface area (Å²) in [4.78, 5) is 22.4. The fourth-order valence-electron chi connectivity index (χ4n) is 1.60. The molecule has 0 spiro atoms. The maximum absolute atomic E-state index is 11.5. The summed E-state index contributed by atoms with van der Waals surface area (Å²) < 4.78 is 5.04. The van der Waals surface area contributed by atoms with Gasteiger partial charge in [-0.2, -0.15) is 0 Å². The lowest BCUT2D eigenvalue weighted by Crippen LogP contribution is -2.10. The van der Waals surface area contributed by atoms with Crippen molar-refractivity contribution >= 4 is 17.5 Å². The first-order valence-electron chi connectivity index (χ1n) is 4.69. The van der Waals surface area contributed by atoms with Crippen LogP contribution in [-0.4, -0.2) is 11.8 Å². The Morgan fingerprint density at radius 1 is 1.27 bits per heavy atom. The molecule has 15 heavy (non-hydrogen) atoms. The van der Waals surface area contributed by atoms with Crippen molar-refractivity contribution in [2.24, 2.45) is 0 Å². The summed E-state index contributed by atoms with van der Waals surface area (Å²) in [5.74, 6) is 0.171. The highest BCUT2D eigenvalue weighted by Gasteiger charge is 2.20. The Labute approximate surface area is 87.4 Å². The van der Waals surface area contributed by atoms with Gasteiger partial charge in [-0.3, -0.25) is 9.59 Å². The number of ether oxygens (including phenoxy) is 1. The average molecular weight is 202 g/mol. The van der Waals surface area contributed by atoms with Crippen LogP contribution < -0.4 is 0 Å². The molecule has 0 heterocycles. The highest BCUT2D eigenvalue weighted by atomic mass is 16.5. The van der Waals surface area contributed by atoms with Gasteiger partial charge in [0.1, 0.15) is 5.76 Å². The van der Waals surface area contributed by atoms with E-state index in [9.17, 15) is 9.59 Å². The Kier molecular flexibility index (Phi) is 2.37. The molecule has 1 aromatic rings. The van der Waals surface area contributed by atoms with Gasteiger partial charge in [0.05, 0.1) is 0 Å². The van der Waals surface area contributed by atoms with E-state index in [0.29, 0.717) is 23.3 Å². The van der Waals surface area contributed by atoms with Gasteiger partial charge in [-0.25, -0.2) is 0 Å². The van der Waals surface area contributed by atoms with Crippen LogP contribution in [-0.2, 0) is 9.53 Å². The van der Waals surface area contributed by atoms with Crippen LogP contribution in [0.15, 0.2) is 30.3 Å². The molecule has 0 N–H and O–H groups in total. The van der Waals surface area contributed by atoms with Gasteiger partial charge in [0.15, 0.2) is 5.78 Å². The van der Waals surface area contributed by atoms with Crippen LogP contribution in [0.1, 0.15) is 29.3 Å². The first kappa shape index (κ1) is 9.65. The second-order valence-corrected chi connectivity index (χ2v) is 3.33. The van der Waals surface area contributed by atoms with Gasteiger partial charge >= 0.3 is 5.97 Å². The summed E-state index contributed by atoms with van der Waals surface area (Å²) in [6, 6.07) is 7.14. The zero-order valence-electron chi connectivity index (χ0n) is 8.32. The molecule has 0 aliphatic heterocycles. The molecule has 0 atom stereocenters.